The minimum atomic E-state index is -0.222. The molecule has 0 amide bonds. The number of rotatable bonds is 8. The smallest absolute Gasteiger partial charge is 0.0683 e. The van der Waals surface area contributed by atoms with Crippen molar-refractivity contribution < 1.29 is 4.74 Å². The first-order chi connectivity index (χ1) is 8.64. The summed E-state index contributed by atoms with van der Waals surface area (Å²) in [6.45, 7) is 5.48. The van der Waals surface area contributed by atoms with Gasteiger partial charge in [0.2, 0.25) is 0 Å². The first kappa shape index (κ1) is 14.7. The van der Waals surface area contributed by atoms with Crippen molar-refractivity contribution >= 4 is 0 Å². The monoisotopic (exact) mass is 246 g/mol. The molecule has 0 aliphatic carbocycles. The second kappa shape index (κ2) is 7.84. The van der Waals surface area contributed by atoms with E-state index in [9.17, 15) is 0 Å². The molecule has 3 heteroatoms. The molecule has 98 valence electrons. The van der Waals surface area contributed by atoms with Crippen LogP contribution in [0.2, 0.25) is 0 Å². The van der Waals surface area contributed by atoms with Crippen LogP contribution in [-0.2, 0) is 11.2 Å². The van der Waals surface area contributed by atoms with E-state index in [1.807, 2.05) is 38.4 Å². The molecule has 0 N–H and O–H groups in total. The van der Waals surface area contributed by atoms with Crippen LogP contribution in [0.5, 0.6) is 0 Å². The summed E-state index contributed by atoms with van der Waals surface area (Å²) in [6.07, 6.45) is 7.56. The summed E-state index contributed by atoms with van der Waals surface area (Å²) in [5.74, 6) is 0. The fraction of sp³-hybridized carbons (Fsp3) is 0.600. The normalized spacial score (nSPS) is 11.2. The van der Waals surface area contributed by atoms with Crippen LogP contribution in [0, 0.1) is 16.7 Å². The van der Waals surface area contributed by atoms with Gasteiger partial charge in [-0.15, -0.1) is 0 Å². The summed E-state index contributed by atoms with van der Waals surface area (Å²) in [4.78, 5) is 3.99. The van der Waals surface area contributed by atoms with Crippen LogP contribution in [0.1, 0.15) is 38.7 Å². The van der Waals surface area contributed by atoms with E-state index in [2.05, 4.69) is 11.1 Å². The van der Waals surface area contributed by atoms with Gasteiger partial charge < -0.3 is 4.74 Å². The molecule has 0 aliphatic rings. The lowest BCUT2D eigenvalue weighted by Gasteiger charge is -2.14. The first-order valence-corrected chi connectivity index (χ1v) is 6.52. The number of hydrogen-bond acceptors (Lipinski definition) is 3. The third kappa shape index (κ3) is 6.36. The number of ether oxygens (including phenoxy) is 1. The molecule has 3 nitrogen and oxygen atoms in total. The summed E-state index contributed by atoms with van der Waals surface area (Å²) in [5.41, 5.74) is 1.08. The van der Waals surface area contributed by atoms with Crippen molar-refractivity contribution in [3.05, 3.63) is 30.1 Å². The van der Waals surface area contributed by atoms with Crippen LogP contribution in [0.25, 0.3) is 0 Å². The number of nitrogens with zero attached hydrogens (tertiary/aromatic N) is 2. The molecule has 0 unspecified atom stereocenters. The Morgan fingerprint density at radius 2 is 1.89 bits per heavy atom. The Hall–Kier alpha value is -1.40. The van der Waals surface area contributed by atoms with Gasteiger partial charge in [-0.25, -0.2) is 0 Å². The Bertz CT molecular complexity index is 368. The first-order valence-electron chi connectivity index (χ1n) is 6.52. The summed E-state index contributed by atoms with van der Waals surface area (Å²) in [6, 6.07) is 6.38. The average Bonchev–Trinajstić information content (AvgIpc) is 2.39. The van der Waals surface area contributed by atoms with Gasteiger partial charge in [0, 0.05) is 25.6 Å². The van der Waals surface area contributed by atoms with E-state index >= 15 is 0 Å². The van der Waals surface area contributed by atoms with E-state index in [-0.39, 0.29) is 5.41 Å². The molecule has 18 heavy (non-hydrogen) atoms. The minimum absolute atomic E-state index is 0.222. The Labute approximate surface area is 110 Å². The van der Waals surface area contributed by atoms with Crippen LogP contribution in [0.4, 0.5) is 0 Å². The van der Waals surface area contributed by atoms with Crippen LogP contribution in [0.15, 0.2) is 24.5 Å². The van der Waals surface area contributed by atoms with Crippen molar-refractivity contribution in [2.24, 2.45) is 5.41 Å². The van der Waals surface area contributed by atoms with Gasteiger partial charge in [0.15, 0.2) is 0 Å². The standard InChI is InChI=1S/C15H22N2O/c1-15(2,13-16)8-4-12-18-11-3-5-14-6-9-17-10-7-14/h6-7,9-10H,3-5,8,11-12H2,1-2H3. The predicted molar refractivity (Wildman–Crippen MR) is 72.0 cm³/mol. The molecule has 0 bridgehead atoms. The van der Waals surface area contributed by atoms with Crippen molar-refractivity contribution in [2.75, 3.05) is 13.2 Å². The zero-order valence-corrected chi connectivity index (χ0v) is 11.4. The summed E-state index contributed by atoms with van der Waals surface area (Å²) in [7, 11) is 0. The van der Waals surface area contributed by atoms with Gasteiger partial charge in [0.05, 0.1) is 11.5 Å². The van der Waals surface area contributed by atoms with Gasteiger partial charge in [-0.05, 0) is 57.2 Å². The number of aryl methyl sites for hydroxylation is 1. The van der Waals surface area contributed by atoms with E-state index in [1.54, 1.807) is 0 Å². The van der Waals surface area contributed by atoms with Crippen LogP contribution in [0.3, 0.4) is 0 Å². The molecular weight excluding hydrogens is 224 g/mol. The molecule has 0 atom stereocenters. The van der Waals surface area contributed by atoms with Gasteiger partial charge in [-0.1, -0.05) is 0 Å². The van der Waals surface area contributed by atoms with Crippen molar-refractivity contribution in [3.63, 3.8) is 0 Å². The highest BCUT2D eigenvalue weighted by Crippen LogP contribution is 2.20. The Balaban J connectivity index is 1.98. The molecule has 0 aliphatic heterocycles. The molecule has 0 spiro atoms. The van der Waals surface area contributed by atoms with Gasteiger partial charge in [0.25, 0.3) is 0 Å². The second-order valence-electron chi connectivity index (χ2n) is 5.17. The van der Waals surface area contributed by atoms with Gasteiger partial charge >= 0.3 is 0 Å². The fourth-order valence-electron chi connectivity index (χ4n) is 1.70. The number of aromatic nitrogens is 1. The largest absolute Gasteiger partial charge is 0.381 e. The topological polar surface area (TPSA) is 45.9 Å². The van der Waals surface area contributed by atoms with E-state index in [0.717, 1.165) is 38.9 Å². The highest BCUT2D eigenvalue weighted by atomic mass is 16.5. The van der Waals surface area contributed by atoms with Gasteiger partial charge in [0.1, 0.15) is 0 Å². The van der Waals surface area contributed by atoms with Crippen molar-refractivity contribution in [3.8, 4) is 6.07 Å². The molecule has 1 heterocycles. The Morgan fingerprint density at radius 1 is 1.22 bits per heavy atom. The number of pyridine rings is 1. The number of hydrogen-bond donors (Lipinski definition) is 0. The maximum Gasteiger partial charge on any atom is 0.0683 e. The van der Waals surface area contributed by atoms with Gasteiger partial charge in [-0.3, -0.25) is 4.98 Å². The molecule has 0 radical (unpaired) electrons. The summed E-state index contributed by atoms with van der Waals surface area (Å²) >= 11 is 0. The quantitative estimate of drug-likeness (QED) is 0.661. The third-order valence-corrected chi connectivity index (χ3v) is 2.90. The Kier molecular flexibility index (Phi) is 6.38. The average molecular weight is 246 g/mol. The molecule has 0 aromatic carbocycles. The zero-order valence-electron chi connectivity index (χ0n) is 11.4. The van der Waals surface area contributed by atoms with E-state index in [0.29, 0.717) is 0 Å². The van der Waals surface area contributed by atoms with Crippen LogP contribution >= 0.6 is 0 Å². The Morgan fingerprint density at radius 3 is 2.56 bits per heavy atom. The molecule has 1 rings (SSSR count). The zero-order chi connectivity index (χ0) is 13.3. The van der Waals surface area contributed by atoms with E-state index in [4.69, 9.17) is 10.00 Å². The molecule has 0 fully saturated rings. The van der Waals surface area contributed by atoms with Crippen molar-refractivity contribution in [1.82, 2.24) is 4.98 Å². The maximum atomic E-state index is 8.86. The van der Waals surface area contributed by atoms with Crippen molar-refractivity contribution in [1.29, 1.82) is 5.26 Å². The lowest BCUT2D eigenvalue weighted by molar-refractivity contribution is 0.123. The van der Waals surface area contributed by atoms with Crippen LogP contribution < -0.4 is 0 Å². The highest BCUT2D eigenvalue weighted by molar-refractivity contribution is 5.09. The highest BCUT2D eigenvalue weighted by Gasteiger charge is 2.15. The van der Waals surface area contributed by atoms with Crippen LogP contribution in [-0.4, -0.2) is 18.2 Å². The van der Waals surface area contributed by atoms with Gasteiger partial charge in [-0.2, -0.15) is 5.26 Å². The molecule has 0 saturated heterocycles. The van der Waals surface area contributed by atoms with E-state index < -0.39 is 0 Å². The van der Waals surface area contributed by atoms with Crippen molar-refractivity contribution in [2.45, 2.75) is 39.5 Å². The summed E-state index contributed by atoms with van der Waals surface area (Å²) < 4.78 is 5.57. The lowest BCUT2D eigenvalue weighted by Crippen LogP contribution is -2.09. The number of nitriles is 1. The predicted octanol–water partition coefficient (Wildman–Crippen LogP) is 3.36. The molecule has 1 aromatic heterocycles. The SMILES string of the molecule is CC(C)(C#N)CCCOCCCc1ccncc1. The molecule has 0 saturated carbocycles. The molecular formula is C15H22N2O. The lowest BCUT2D eigenvalue weighted by atomic mass is 9.90. The summed E-state index contributed by atoms with van der Waals surface area (Å²) in [5, 5.41) is 8.86. The van der Waals surface area contributed by atoms with E-state index in [1.165, 1.54) is 5.56 Å². The fourth-order valence-corrected chi connectivity index (χ4v) is 1.70. The second-order valence-corrected chi connectivity index (χ2v) is 5.17. The third-order valence-electron chi connectivity index (χ3n) is 2.90. The maximum absolute atomic E-state index is 8.86. The molecule has 1 aromatic rings. The minimum Gasteiger partial charge on any atom is -0.381 e.